The topological polar surface area (TPSA) is 60.9 Å². The normalized spacial score (nSPS) is 10.5. The second kappa shape index (κ2) is 3.97. The molecule has 0 aliphatic carbocycles. The molecule has 2 aromatic rings. The van der Waals surface area contributed by atoms with Gasteiger partial charge in [0.1, 0.15) is 17.2 Å². The second-order valence-electron chi connectivity index (χ2n) is 3.54. The van der Waals surface area contributed by atoms with Crippen molar-refractivity contribution >= 4 is 5.91 Å². The van der Waals surface area contributed by atoms with Gasteiger partial charge in [-0.3, -0.25) is 4.79 Å². The maximum atomic E-state index is 13.5. The molecular weight excluding hydrogens is 228 g/mol. The highest BCUT2D eigenvalue weighted by Gasteiger charge is 2.15. The Morgan fingerprint density at radius 1 is 1.35 bits per heavy atom. The first kappa shape index (κ1) is 11.3. The SMILES string of the molecule is Cc1cc(C(N)=O)n(-c2ccc(F)cc2F)n1. The van der Waals surface area contributed by atoms with E-state index in [-0.39, 0.29) is 11.4 Å². The summed E-state index contributed by atoms with van der Waals surface area (Å²) in [7, 11) is 0. The summed E-state index contributed by atoms with van der Waals surface area (Å²) in [5.74, 6) is -2.24. The molecule has 1 aromatic heterocycles. The Morgan fingerprint density at radius 2 is 2.06 bits per heavy atom. The zero-order valence-corrected chi connectivity index (χ0v) is 8.95. The number of hydrogen-bond acceptors (Lipinski definition) is 2. The third-order valence-corrected chi connectivity index (χ3v) is 2.22. The first-order valence-electron chi connectivity index (χ1n) is 4.81. The van der Waals surface area contributed by atoms with E-state index in [0.717, 1.165) is 16.8 Å². The lowest BCUT2D eigenvalue weighted by atomic mass is 10.3. The van der Waals surface area contributed by atoms with Gasteiger partial charge in [0.2, 0.25) is 0 Å². The van der Waals surface area contributed by atoms with Crippen LogP contribution in [-0.4, -0.2) is 15.7 Å². The minimum absolute atomic E-state index is 0.0201. The van der Waals surface area contributed by atoms with Crippen molar-refractivity contribution in [2.24, 2.45) is 5.73 Å². The Morgan fingerprint density at radius 3 is 2.65 bits per heavy atom. The summed E-state index contributed by atoms with van der Waals surface area (Å²) in [6, 6.07) is 4.44. The molecule has 2 N–H and O–H groups in total. The van der Waals surface area contributed by atoms with Gasteiger partial charge in [0.25, 0.3) is 5.91 Å². The Bertz CT molecular complexity index is 592. The Balaban J connectivity index is 2.63. The Kier molecular flexibility index (Phi) is 2.63. The highest BCUT2D eigenvalue weighted by atomic mass is 19.1. The molecule has 2 rings (SSSR count). The van der Waals surface area contributed by atoms with Gasteiger partial charge in [-0.25, -0.2) is 13.5 Å². The van der Waals surface area contributed by atoms with E-state index in [9.17, 15) is 13.6 Å². The van der Waals surface area contributed by atoms with E-state index in [1.807, 2.05) is 0 Å². The molecule has 17 heavy (non-hydrogen) atoms. The summed E-state index contributed by atoms with van der Waals surface area (Å²) < 4.78 is 27.4. The minimum Gasteiger partial charge on any atom is -0.364 e. The molecule has 0 aliphatic rings. The maximum absolute atomic E-state index is 13.5. The fourth-order valence-corrected chi connectivity index (χ4v) is 1.51. The number of aryl methyl sites for hydroxylation is 1. The van der Waals surface area contributed by atoms with Crippen LogP contribution in [0, 0.1) is 18.6 Å². The summed E-state index contributed by atoms with van der Waals surface area (Å²) >= 11 is 0. The predicted octanol–water partition coefficient (Wildman–Crippen LogP) is 1.56. The molecule has 6 heteroatoms. The lowest BCUT2D eigenvalue weighted by molar-refractivity contribution is 0.0993. The molecule has 1 amide bonds. The maximum Gasteiger partial charge on any atom is 0.267 e. The number of hydrogen-bond donors (Lipinski definition) is 1. The molecule has 0 fully saturated rings. The van der Waals surface area contributed by atoms with Gasteiger partial charge in [0.15, 0.2) is 5.82 Å². The predicted molar refractivity (Wildman–Crippen MR) is 56.7 cm³/mol. The number of carbonyl (C=O) groups excluding carboxylic acids is 1. The molecule has 0 spiro atoms. The first-order valence-corrected chi connectivity index (χ1v) is 4.81. The van der Waals surface area contributed by atoms with Crippen LogP contribution in [0.5, 0.6) is 0 Å². The molecule has 0 saturated carbocycles. The molecule has 4 nitrogen and oxygen atoms in total. The van der Waals surface area contributed by atoms with Crippen LogP contribution in [0.25, 0.3) is 5.69 Å². The summed E-state index contributed by atoms with van der Waals surface area (Å²) in [6.07, 6.45) is 0. The van der Waals surface area contributed by atoms with Crippen molar-refractivity contribution in [3.8, 4) is 5.69 Å². The molecule has 0 radical (unpaired) electrons. The molecule has 1 heterocycles. The van der Waals surface area contributed by atoms with Gasteiger partial charge in [-0.05, 0) is 25.1 Å². The van der Waals surface area contributed by atoms with E-state index in [1.54, 1.807) is 6.92 Å². The van der Waals surface area contributed by atoms with Crippen LogP contribution in [0.4, 0.5) is 8.78 Å². The van der Waals surface area contributed by atoms with Gasteiger partial charge >= 0.3 is 0 Å². The smallest absolute Gasteiger partial charge is 0.267 e. The highest BCUT2D eigenvalue weighted by molar-refractivity contribution is 5.91. The lowest BCUT2D eigenvalue weighted by Crippen LogP contribution is -2.17. The van der Waals surface area contributed by atoms with Crippen LogP contribution in [-0.2, 0) is 0 Å². The molecule has 0 saturated heterocycles. The van der Waals surface area contributed by atoms with Crippen molar-refractivity contribution in [2.45, 2.75) is 6.92 Å². The number of carbonyl (C=O) groups is 1. The monoisotopic (exact) mass is 237 g/mol. The van der Waals surface area contributed by atoms with E-state index in [0.29, 0.717) is 5.69 Å². The molecule has 0 aliphatic heterocycles. The van der Waals surface area contributed by atoms with Crippen molar-refractivity contribution in [3.05, 3.63) is 47.3 Å². The first-order chi connectivity index (χ1) is 7.99. The van der Waals surface area contributed by atoms with Gasteiger partial charge in [-0.15, -0.1) is 0 Å². The summed E-state index contributed by atoms with van der Waals surface area (Å²) in [5, 5.41) is 3.95. The lowest BCUT2D eigenvalue weighted by Gasteiger charge is -2.05. The summed E-state index contributed by atoms with van der Waals surface area (Å²) in [6.45, 7) is 1.64. The molecular formula is C11H9F2N3O. The van der Waals surface area contributed by atoms with Crippen LogP contribution in [0.3, 0.4) is 0 Å². The highest BCUT2D eigenvalue weighted by Crippen LogP contribution is 2.17. The average molecular weight is 237 g/mol. The van der Waals surface area contributed by atoms with Crippen LogP contribution < -0.4 is 5.73 Å². The standard InChI is InChI=1S/C11H9F2N3O/c1-6-4-10(11(14)17)16(15-6)9-3-2-7(12)5-8(9)13/h2-5H,1H3,(H2,14,17). The van der Waals surface area contributed by atoms with Gasteiger partial charge in [-0.2, -0.15) is 5.10 Å². The van der Waals surface area contributed by atoms with E-state index >= 15 is 0 Å². The Labute approximate surface area is 95.7 Å². The number of amides is 1. The van der Waals surface area contributed by atoms with Crippen LogP contribution in [0.2, 0.25) is 0 Å². The number of primary amides is 1. The number of nitrogens with zero attached hydrogens (tertiary/aromatic N) is 2. The molecule has 0 bridgehead atoms. The summed E-state index contributed by atoms with van der Waals surface area (Å²) in [4.78, 5) is 11.2. The third kappa shape index (κ3) is 2.01. The van der Waals surface area contributed by atoms with Crippen molar-refractivity contribution in [2.75, 3.05) is 0 Å². The third-order valence-electron chi connectivity index (χ3n) is 2.22. The van der Waals surface area contributed by atoms with Crippen LogP contribution >= 0.6 is 0 Å². The number of halogens is 2. The van der Waals surface area contributed by atoms with Crippen LogP contribution in [0.1, 0.15) is 16.2 Å². The van der Waals surface area contributed by atoms with Gasteiger partial charge in [-0.1, -0.05) is 0 Å². The Hall–Kier alpha value is -2.24. The molecule has 88 valence electrons. The zero-order chi connectivity index (χ0) is 12.6. The van der Waals surface area contributed by atoms with E-state index < -0.39 is 17.5 Å². The fraction of sp³-hybridized carbons (Fsp3) is 0.0909. The second-order valence-corrected chi connectivity index (χ2v) is 3.54. The fourth-order valence-electron chi connectivity index (χ4n) is 1.51. The van der Waals surface area contributed by atoms with Crippen molar-refractivity contribution < 1.29 is 13.6 Å². The zero-order valence-electron chi connectivity index (χ0n) is 8.95. The number of aromatic nitrogens is 2. The molecule has 0 atom stereocenters. The largest absolute Gasteiger partial charge is 0.364 e. The number of benzene rings is 1. The van der Waals surface area contributed by atoms with Gasteiger partial charge in [0, 0.05) is 6.07 Å². The molecule has 1 aromatic carbocycles. The summed E-state index contributed by atoms with van der Waals surface area (Å²) in [5.41, 5.74) is 5.69. The molecule has 0 unspecified atom stereocenters. The van der Waals surface area contributed by atoms with Gasteiger partial charge in [0.05, 0.1) is 5.69 Å². The quantitative estimate of drug-likeness (QED) is 0.861. The van der Waals surface area contributed by atoms with Crippen molar-refractivity contribution in [1.29, 1.82) is 0 Å². The average Bonchev–Trinajstić information content (AvgIpc) is 2.60. The van der Waals surface area contributed by atoms with Crippen LogP contribution in [0.15, 0.2) is 24.3 Å². The van der Waals surface area contributed by atoms with E-state index in [4.69, 9.17) is 5.73 Å². The number of rotatable bonds is 2. The minimum atomic E-state index is -0.810. The van der Waals surface area contributed by atoms with E-state index in [2.05, 4.69) is 5.10 Å². The van der Waals surface area contributed by atoms with Gasteiger partial charge < -0.3 is 5.73 Å². The van der Waals surface area contributed by atoms with Crippen molar-refractivity contribution in [3.63, 3.8) is 0 Å². The van der Waals surface area contributed by atoms with E-state index in [1.165, 1.54) is 12.1 Å². The van der Waals surface area contributed by atoms with Crippen molar-refractivity contribution in [1.82, 2.24) is 9.78 Å². The number of nitrogens with two attached hydrogens (primary N) is 1.